The van der Waals surface area contributed by atoms with Crippen LogP contribution in [-0.4, -0.2) is 24.1 Å². The molecule has 2 N–H and O–H groups in total. The molecule has 0 amide bonds. The molecule has 3 nitrogen and oxygen atoms in total. The van der Waals surface area contributed by atoms with Crippen molar-refractivity contribution in [2.75, 3.05) is 18.0 Å². The molecular formula is C18H25N3. The van der Waals surface area contributed by atoms with Crippen molar-refractivity contribution in [2.24, 2.45) is 11.7 Å². The minimum atomic E-state index is 0.427. The van der Waals surface area contributed by atoms with Gasteiger partial charge in [0.05, 0.1) is 5.52 Å². The van der Waals surface area contributed by atoms with E-state index in [1.807, 2.05) is 0 Å². The van der Waals surface area contributed by atoms with E-state index in [0.29, 0.717) is 12.6 Å². The predicted octanol–water partition coefficient (Wildman–Crippen LogP) is 3.50. The van der Waals surface area contributed by atoms with Gasteiger partial charge >= 0.3 is 0 Å². The number of piperidine rings is 1. The van der Waals surface area contributed by atoms with Crippen LogP contribution in [0.3, 0.4) is 0 Å². The third-order valence-electron chi connectivity index (χ3n) is 4.83. The second-order valence-corrected chi connectivity index (χ2v) is 6.20. The van der Waals surface area contributed by atoms with Gasteiger partial charge < -0.3 is 10.6 Å². The van der Waals surface area contributed by atoms with Gasteiger partial charge in [0.15, 0.2) is 0 Å². The summed E-state index contributed by atoms with van der Waals surface area (Å²) in [5.74, 6) is 1.94. The van der Waals surface area contributed by atoms with Gasteiger partial charge in [0.1, 0.15) is 5.82 Å². The SMILES string of the molecule is CCC1CCN(c2nc3ccccc3cc2C)C(CN)C1. The molecule has 3 heteroatoms. The van der Waals surface area contributed by atoms with E-state index in [1.54, 1.807) is 0 Å². The molecule has 2 atom stereocenters. The quantitative estimate of drug-likeness (QED) is 0.937. The van der Waals surface area contributed by atoms with E-state index >= 15 is 0 Å². The highest BCUT2D eigenvalue weighted by Crippen LogP contribution is 2.31. The Morgan fingerprint density at radius 1 is 1.33 bits per heavy atom. The highest BCUT2D eigenvalue weighted by Gasteiger charge is 2.28. The number of aromatic nitrogens is 1. The lowest BCUT2D eigenvalue weighted by Gasteiger charge is -2.40. The molecule has 0 bridgehead atoms. The summed E-state index contributed by atoms with van der Waals surface area (Å²) in [6.45, 7) is 6.23. The molecule has 0 radical (unpaired) electrons. The highest BCUT2D eigenvalue weighted by atomic mass is 15.2. The molecule has 1 saturated heterocycles. The number of fused-ring (bicyclic) bond motifs is 1. The van der Waals surface area contributed by atoms with Crippen molar-refractivity contribution in [3.05, 3.63) is 35.9 Å². The maximum atomic E-state index is 6.04. The van der Waals surface area contributed by atoms with Crippen LogP contribution in [0.5, 0.6) is 0 Å². The lowest BCUT2D eigenvalue weighted by molar-refractivity contribution is 0.334. The van der Waals surface area contributed by atoms with Crippen LogP contribution in [-0.2, 0) is 0 Å². The Morgan fingerprint density at radius 3 is 2.90 bits per heavy atom. The van der Waals surface area contributed by atoms with Gasteiger partial charge in [-0.05, 0) is 43.4 Å². The Labute approximate surface area is 127 Å². The first kappa shape index (κ1) is 14.3. The fourth-order valence-corrected chi connectivity index (χ4v) is 3.51. The smallest absolute Gasteiger partial charge is 0.132 e. The van der Waals surface area contributed by atoms with Crippen LogP contribution in [0.25, 0.3) is 10.9 Å². The Balaban J connectivity index is 1.97. The fraction of sp³-hybridized carbons (Fsp3) is 0.500. The summed E-state index contributed by atoms with van der Waals surface area (Å²) in [5, 5.41) is 1.21. The van der Waals surface area contributed by atoms with E-state index in [1.165, 1.54) is 30.2 Å². The standard InChI is InChI=1S/C18H25N3/c1-3-14-8-9-21(16(11-14)12-19)18-13(2)10-15-6-4-5-7-17(15)20-18/h4-7,10,14,16H,3,8-9,11-12,19H2,1-2H3. The molecule has 1 fully saturated rings. The lowest BCUT2D eigenvalue weighted by atomic mass is 9.88. The number of aryl methyl sites for hydroxylation is 1. The predicted molar refractivity (Wildman–Crippen MR) is 89.7 cm³/mol. The van der Waals surface area contributed by atoms with Crippen LogP contribution in [0.1, 0.15) is 31.7 Å². The number of hydrogen-bond donors (Lipinski definition) is 1. The minimum absolute atomic E-state index is 0.427. The van der Waals surface area contributed by atoms with E-state index in [9.17, 15) is 0 Å². The second kappa shape index (κ2) is 6.02. The summed E-state index contributed by atoms with van der Waals surface area (Å²) in [7, 11) is 0. The molecule has 1 aliphatic rings. The number of rotatable bonds is 3. The number of hydrogen-bond acceptors (Lipinski definition) is 3. The van der Waals surface area contributed by atoms with Crippen LogP contribution in [0.4, 0.5) is 5.82 Å². The summed E-state index contributed by atoms with van der Waals surface area (Å²) >= 11 is 0. The van der Waals surface area contributed by atoms with E-state index in [4.69, 9.17) is 10.7 Å². The molecule has 0 spiro atoms. The molecule has 1 aromatic carbocycles. The van der Waals surface area contributed by atoms with Crippen molar-refractivity contribution in [3.8, 4) is 0 Å². The lowest BCUT2D eigenvalue weighted by Crippen LogP contribution is -2.47. The Kier molecular flexibility index (Phi) is 4.11. The average Bonchev–Trinajstić information content (AvgIpc) is 2.53. The molecule has 1 aliphatic heterocycles. The molecule has 2 heterocycles. The van der Waals surface area contributed by atoms with Gasteiger partial charge in [0.25, 0.3) is 0 Å². The van der Waals surface area contributed by atoms with Gasteiger partial charge in [-0.15, -0.1) is 0 Å². The zero-order valence-electron chi connectivity index (χ0n) is 13.0. The fourth-order valence-electron chi connectivity index (χ4n) is 3.51. The normalized spacial score (nSPS) is 22.7. The number of pyridine rings is 1. The Morgan fingerprint density at radius 2 is 2.14 bits per heavy atom. The van der Waals surface area contributed by atoms with E-state index in [-0.39, 0.29) is 0 Å². The largest absolute Gasteiger partial charge is 0.352 e. The van der Waals surface area contributed by atoms with Gasteiger partial charge in [-0.2, -0.15) is 0 Å². The van der Waals surface area contributed by atoms with Gasteiger partial charge in [0, 0.05) is 24.5 Å². The van der Waals surface area contributed by atoms with Crippen molar-refractivity contribution in [1.29, 1.82) is 0 Å². The summed E-state index contributed by atoms with van der Waals surface area (Å²) < 4.78 is 0. The molecule has 2 aromatic rings. The number of nitrogens with two attached hydrogens (primary N) is 1. The topological polar surface area (TPSA) is 42.2 Å². The van der Waals surface area contributed by atoms with Crippen molar-refractivity contribution in [1.82, 2.24) is 4.98 Å². The van der Waals surface area contributed by atoms with Gasteiger partial charge in [-0.25, -0.2) is 4.98 Å². The third-order valence-corrected chi connectivity index (χ3v) is 4.83. The minimum Gasteiger partial charge on any atom is -0.352 e. The molecule has 3 rings (SSSR count). The number of benzene rings is 1. The van der Waals surface area contributed by atoms with E-state index < -0.39 is 0 Å². The van der Waals surface area contributed by atoms with Crippen molar-refractivity contribution >= 4 is 16.7 Å². The molecule has 21 heavy (non-hydrogen) atoms. The number of para-hydroxylation sites is 1. The molecule has 2 unspecified atom stereocenters. The molecule has 112 valence electrons. The van der Waals surface area contributed by atoms with Crippen molar-refractivity contribution in [3.63, 3.8) is 0 Å². The summed E-state index contributed by atoms with van der Waals surface area (Å²) in [6, 6.07) is 11.0. The summed E-state index contributed by atoms with van der Waals surface area (Å²) in [6.07, 6.45) is 3.70. The maximum absolute atomic E-state index is 6.04. The number of nitrogens with zero attached hydrogens (tertiary/aromatic N) is 2. The molecule has 0 saturated carbocycles. The zero-order chi connectivity index (χ0) is 14.8. The second-order valence-electron chi connectivity index (χ2n) is 6.20. The van der Waals surface area contributed by atoms with E-state index in [2.05, 4.69) is 49.1 Å². The summed E-state index contributed by atoms with van der Waals surface area (Å²) in [4.78, 5) is 7.36. The molecule has 0 aliphatic carbocycles. The average molecular weight is 283 g/mol. The van der Waals surface area contributed by atoms with Crippen LogP contribution in [0.2, 0.25) is 0 Å². The first-order valence-corrected chi connectivity index (χ1v) is 8.06. The Bertz CT molecular complexity index is 623. The molecular weight excluding hydrogens is 258 g/mol. The van der Waals surface area contributed by atoms with Gasteiger partial charge in [0.2, 0.25) is 0 Å². The first-order chi connectivity index (χ1) is 10.2. The monoisotopic (exact) mass is 283 g/mol. The van der Waals surface area contributed by atoms with Crippen molar-refractivity contribution < 1.29 is 0 Å². The Hall–Kier alpha value is -1.61. The van der Waals surface area contributed by atoms with E-state index in [0.717, 1.165) is 23.8 Å². The first-order valence-electron chi connectivity index (χ1n) is 8.06. The van der Waals surface area contributed by atoms with Gasteiger partial charge in [-0.1, -0.05) is 31.5 Å². The highest BCUT2D eigenvalue weighted by molar-refractivity contribution is 5.81. The molecule has 1 aromatic heterocycles. The van der Waals surface area contributed by atoms with Crippen molar-refractivity contribution in [2.45, 2.75) is 39.2 Å². The zero-order valence-corrected chi connectivity index (χ0v) is 13.0. The number of anilines is 1. The van der Waals surface area contributed by atoms with Crippen LogP contribution >= 0.6 is 0 Å². The van der Waals surface area contributed by atoms with Crippen LogP contribution in [0, 0.1) is 12.8 Å². The third kappa shape index (κ3) is 2.75. The maximum Gasteiger partial charge on any atom is 0.132 e. The summed E-state index contributed by atoms with van der Waals surface area (Å²) in [5.41, 5.74) is 8.37. The van der Waals surface area contributed by atoms with Crippen LogP contribution < -0.4 is 10.6 Å². The van der Waals surface area contributed by atoms with Crippen LogP contribution in [0.15, 0.2) is 30.3 Å². The van der Waals surface area contributed by atoms with Gasteiger partial charge in [-0.3, -0.25) is 0 Å².